The third kappa shape index (κ3) is 3.04. The Morgan fingerprint density at radius 3 is 2.84 bits per heavy atom. The zero-order chi connectivity index (χ0) is 21.7. The molecule has 0 aromatic carbocycles. The van der Waals surface area contributed by atoms with Crippen LogP contribution in [0.5, 0.6) is 0 Å². The van der Waals surface area contributed by atoms with Crippen molar-refractivity contribution in [3.63, 3.8) is 0 Å². The van der Waals surface area contributed by atoms with Gasteiger partial charge in [-0.3, -0.25) is 0 Å². The van der Waals surface area contributed by atoms with E-state index in [4.69, 9.17) is 18.8 Å². The first-order valence-corrected chi connectivity index (χ1v) is 12.2. The summed E-state index contributed by atoms with van der Waals surface area (Å²) in [7, 11) is 0. The smallest absolute Gasteiger partial charge is 0.153 e. The van der Waals surface area contributed by atoms with Crippen LogP contribution in [0.2, 0.25) is 0 Å². The molecule has 0 spiro atoms. The van der Waals surface area contributed by atoms with E-state index in [1.807, 2.05) is 10.7 Å². The van der Waals surface area contributed by atoms with Gasteiger partial charge in [0.05, 0.1) is 47.7 Å². The molecule has 2 atom stereocenters. The minimum Gasteiger partial charge on any atom is -0.377 e. The van der Waals surface area contributed by atoms with E-state index < -0.39 is 5.41 Å². The fourth-order valence-electron chi connectivity index (χ4n) is 5.21. The number of rotatable bonds is 4. The molecule has 2 aliphatic heterocycles. The van der Waals surface area contributed by atoms with Crippen molar-refractivity contribution in [2.75, 3.05) is 31.3 Å². The van der Waals surface area contributed by atoms with Crippen molar-refractivity contribution in [3.8, 4) is 17.5 Å². The normalized spacial score (nSPS) is 25.1. The first kappa shape index (κ1) is 20.1. The lowest BCUT2D eigenvalue weighted by Gasteiger charge is -2.35. The Hall–Kier alpha value is -2.54. The van der Waals surface area contributed by atoms with Crippen molar-refractivity contribution in [2.45, 2.75) is 56.7 Å². The third-order valence-electron chi connectivity index (χ3n) is 7.12. The summed E-state index contributed by atoms with van der Waals surface area (Å²) in [5, 5.41) is 14.8. The zero-order valence-corrected chi connectivity index (χ0v) is 19.0. The van der Waals surface area contributed by atoms with E-state index >= 15 is 0 Å². The fraction of sp³-hybridized carbons (Fsp3) is 0.565. The van der Waals surface area contributed by atoms with Crippen LogP contribution >= 0.6 is 11.5 Å². The van der Waals surface area contributed by atoms with Gasteiger partial charge in [-0.1, -0.05) is 12.8 Å². The third-order valence-corrected chi connectivity index (χ3v) is 7.99. The van der Waals surface area contributed by atoms with Crippen molar-refractivity contribution in [1.29, 1.82) is 5.26 Å². The molecule has 3 fully saturated rings. The lowest BCUT2D eigenvalue weighted by molar-refractivity contribution is -0.105. The van der Waals surface area contributed by atoms with Crippen molar-refractivity contribution in [3.05, 3.63) is 23.9 Å². The molecule has 3 aromatic heterocycles. The number of anilines is 1. The molecule has 3 aromatic rings. The van der Waals surface area contributed by atoms with Gasteiger partial charge in [-0.25, -0.2) is 9.67 Å². The lowest BCUT2D eigenvalue weighted by Crippen LogP contribution is -2.44. The van der Waals surface area contributed by atoms with Crippen molar-refractivity contribution >= 4 is 27.6 Å². The Balaban J connectivity index is 1.56. The first-order chi connectivity index (χ1) is 15.7. The fourth-order valence-corrected chi connectivity index (χ4v) is 6.16. The standard InChI is InChI=1S/C23H26N6O2S/c1-15-13-30-11-9-28(15)18-12-16(23(14-24)6-2-3-7-23)22-21(26-18)20(27-32-22)17-4-8-25-29(17)19-5-10-31-19/h4,8,12,15,19H,2-3,5-7,9-11,13H2,1H3/t15-,19?/m1/s1. The second kappa shape index (κ2) is 7.80. The van der Waals surface area contributed by atoms with E-state index in [1.165, 1.54) is 11.5 Å². The summed E-state index contributed by atoms with van der Waals surface area (Å²) in [6, 6.07) is 7.06. The highest BCUT2D eigenvalue weighted by Gasteiger charge is 2.39. The Labute approximate surface area is 190 Å². The average molecular weight is 451 g/mol. The second-order valence-electron chi connectivity index (χ2n) is 9.03. The van der Waals surface area contributed by atoms with Gasteiger partial charge in [0.2, 0.25) is 0 Å². The van der Waals surface area contributed by atoms with Gasteiger partial charge in [-0.2, -0.15) is 14.7 Å². The largest absolute Gasteiger partial charge is 0.377 e. The van der Waals surface area contributed by atoms with Crippen LogP contribution < -0.4 is 4.90 Å². The molecule has 3 aliphatic rings. The number of pyridine rings is 1. The number of ether oxygens (including phenoxy) is 2. The number of fused-ring (bicyclic) bond motifs is 1. The molecule has 0 amide bonds. The van der Waals surface area contributed by atoms with E-state index in [0.717, 1.165) is 78.2 Å². The molecule has 9 heteroatoms. The molecule has 8 nitrogen and oxygen atoms in total. The van der Waals surface area contributed by atoms with Gasteiger partial charge < -0.3 is 14.4 Å². The molecule has 0 N–H and O–H groups in total. The van der Waals surface area contributed by atoms with Crippen molar-refractivity contribution in [2.24, 2.45) is 0 Å². The highest BCUT2D eigenvalue weighted by molar-refractivity contribution is 7.13. The summed E-state index contributed by atoms with van der Waals surface area (Å²) in [6.07, 6.45) is 6.65. The van der Waals surface area contributed by atoms with Gasteiger partial charge in [0.25, 0.3) is 0 Å². The van der Waals surface area contributed by atoms with Gasteiger partial charge in [-0.05, 0) is 49.0 Å². The van der Waals surface area contributed by atoms with Gasteiger partial charge >= 0.3 is 0 Å². The summed E-state index contributed by atoms with van der Waals surface area (Å²) in [4.78, 5) is 7.44. The average Bonchev–Trinajstić information content (AvgIpc) is 3.52. The summed E-state index contributed by atoms with van der Waals surface area (Å²) in [6.45, 7) is 5.08. The zero-order valence-electron chi connectivity index (χ0n) is 18.2. The molecular formula is C23H26N6O2S. The minimum atomic E-state index is -0.466. The molecule has 1 aliphatic carbocycles. The van der Waals surface area contributed by atoms with Crippen LogP contribution in [0, 0.1) is 11.3 Å². The number of aromatic nitrogens is 4. The van der Waals surface area contributed by atoms with E-state index in [-0.39, 0.29) is 12.3 Å². The maximum atomic E-state index is 10.3. The van der Waals surface area contributed by atoms with Crippen LogP contribution in [0.15, 0.2) is 18.3 Å². The molecule has 32 heavy (non-hydrogen) atoms. The van der Waals surface area contributed by atoms with E-state index in [2.05, 4.69) is 29.1 Å². The highest BCUT2D eigenvalue weighted by atomic mass is 32.1. The topological polar surface area (TPSA) is 89.1 Å². The molecule has 0 bridgehead atoms. The van der Waals surface area contributed by atoms with Crippen LogP contribution in [0.4, 0.5) is 5.82 Å². The SMILES string of the molecule is C[C@@H]1COCCN1c1cc(C2(C#N)CCCC2)c2snc(-c3ccnn3C3CCO3)c2n1. The van der Waals surface area contributed by atoms with Crippen LogP contribution in [-0.4, -0.2) is 51.5 Å². The Kier molecular flexibility index (Phi) is 4.90. The van der Waals surface area contributed by atoms with E-state index in [9.17, 15) is 5.26 Å². The predicted molar refractivity (Wildman–Crippen MR) is 122 cm³/mol. The highest BCUT2D eigenvalue weighted by Crippen LogP contribution is 2.47. The molecule has 0 radical (unpaired) electrons. The maximum absolute atomic E-state index is 10.3. The number of nitriles is 1. The summed E-state index contributed by atoms with van der Waals surface area (Å²) < 4.78 is 19.1. The number of hydrogen-bond acceptors (Lipinski definition) is 8. The van der Waals surface area contributed by atoms with Crippen LogP contribution in [0.3, 0.4) is 0 Å². The Morgan fingerprint density at radius 2 is 2.12 bits per heavy atom. The minimum absolute atomic E-state index is 0.0426. The maximum Gasteiger partial charge on any atom is 0.153 e. The van der Waals surface area contributed by atoms with Crippen molar-refractivity contribution < 1.29 is 9.47 Å². The van der Waals surface area contributed by atoms with E-state index in [1.54, 1.807) is 6.20 Å². The summed E-state index contributed by atoms with van der Waals surface area (Å²) in [5.41, 5.74) is 3.24. The number of hydrogen-bond donors (Lipinski definition) is 0. The molecule has 166 valence electrons. The van der Waals surface area contributed by atoms with Crippen LogP contribution in [-0.2, 0) is 14.9 Å². The monoisotopic (exact) mass is 450 g/mol. The molecule has 2 saturated heterocycles. The van der Waals surface area contributed by atoms with Crippen LogP contribution in [0.25, 0.3) is 21.6 Å². The summed E-state index contributed by atoms with van der Waals surface area (Å²) in [5.74, 6) is 0.914. The molecule has 1 unspecified atom stereocenters. The van der Waals surface area contributed by atoms with Gasteiger partial charge in [-0.15, -0.1) is 0 Å². The number of nitrogens with zero attached hydrogens (tertiary/aromatic N) is 6. The van der Waals surface area contributed by atoms with Crippen molar-refractivity contribution in [1.82, 2.24) is 19.1 Å². The second-order valence-corrected chi connectivity index (χ2v) is 9.80. The molecular weight excluding hydrogens is 424 g/mol. The molecule has 1 saturated carbocycles. The quantitative estimate of drug-likeness (QED) is 0.593. The van der Waals surface area contributed by atoms with Gasteiger partial charge in [0, 0.05) is 19.2 Å². The molecule has 6 rings (SSSR count). The first-order valence-electron chi connectivity index (χ1n) is 11.4. The Bertz CT molecular complexity index is 1190. The van der Waals surface area contributed by atoms with E-state index in [0.29, 0.717) is 13.2 Å². The molecule has 5 heterocycles. The van der Waals surface area contributed by atoms with Crippen LogP contribution in [0.1, 0.15) is 50.8 Å². The van der Waals surface area contributed by atoms with Gasteiger partial charge in [0.1, 0.15) is 17.0 Å². The lowest BCUT2D eigenvalue weighted by atomic mass is 9.80. The van der Waals surface area contributed by atoms with Gasteiger partial charge in [0.15, 0.2) is 6.23 Å². The summed E-state index contributed by atoms with van der Waals surface area (Å²) >= 11 is 1.45. The number of morpholine rings is 1. The Morgan fingerprint density at radius 1 is 1.28 bits per heavy atom. The predicted octanol–water partition coefficient (Wildman–Crippen LogP) is 4.03.